The van der Waals surface area contributed by atoms with E-state index >= 15 is 0 Å². The SMILES string of the molecule is N#Cc1c(Cl)cccc1Oc1ccc(S(=O)(=O)Nc2ccc(C(F)(F)F)cc2)cc1. The molecule has 3 aromatic carbocycles. The molecule has 3 aromatic rings. The summed E-state index contributed by atoms with van der Waals surface area (Å²) in [5.74, 6) is 0.478. The van der Waals surface area contributed by atoms with Gasteiger partial charge in [0.25, 0.3) is 10.0 Å². The average Bonchev–Trinajstić information content (AvgIpc) is 2.68. The van der Waals surface area contributed by atoms with Gasteiger partial charge in [-0.2, -0.15) is 18.4 Å². The lowest BCUT2D eigenvalue weighted by atomic mass is 10.2. The van der Waals surface area contributed by atoms with E-state index in [-0.39, 0.29) is 32.7 Å². The van der Waals surface area contributed by atoms with E-state index < -0.39 is 21.8 Å². The second kappa shape index (κ2) is 8.26. The largest absolute Gasteiger partial charge is 0.456 e. The van der Waals surface area contributed by atoms with Gasteiger partial charge in [0.15, 0.2) is 0 Å². The predicted octanol–water partition coefficient (Wildman–Crippen LogP) is 5.82. The van der Waals surface area contributed by atoms with Crippen LogP contribution in [0.5, 0.6) is 11.5 Å². The van der Waals surface area contributed by atoms with Crippen LogP contribution in [-0.4, -0.2) is 8.42 Å². The van der Waals surface area contributed by atoms with Crippen LogP contribution < -0.4 is 9.46 Å². The fourth-order valence-corrected chi connectivity index (χ4v) is 3.72. The smallest absolute Gasteiger partial charge is 0.416 e. The van der Waals surface area contributed by atoms with Gasteiger partial charge in [-0.1, -0.05) is 17.7 Å². The summed E-state index contributed by atoms with van der Waals surface area (Å²) in [6.07, 6.45) is -4.51. The van der Waals surface area contributed by atoms with Gasteiger partial charge in [0.1, 0.15) is 23.1 Å². The standard InChI is InChI=1S/C20H12ClF3N2O3S/c21-18-2-1-3-19(17(18)12-25)29-15-8-10-16(11-9-15)30(27,28)26-14-6-4-13(5-7-14)20(22,23)24/h1-11,26H. The van der Waals surface area contributed by atoms with Gasteiger partial charge < -0.3 is 4.74 Å². The Labute approximate surface area is 175 Å². The number of hydrogen-bond donors (Lipinski definition) is 1. The normalized spacial score (nSPS) is 11.6. The van der Waals surface area contributed by atoms with Crippen LogP contribution in [0.4, 0.5) is 18.9 Å². The van der Waals surface area contributed by atoms with E-state index in [1.807, 2.05) is 6.07 Å². The van der Waals surface area contributed by atoms with Crippen molar-refractivity contribution in [1.82, 2.24) is 0 Å². The molecule has 0 aliphatic carbocycles. The summed E-state index contributed by atoms with van der Waals surface area (Å²) in [6.45, 7) is 0. The lowest BCUT2D eigenvalue weighted by molar-refractivity contribution is -0.137. The van der Waals surface area contributed by atoms with Crippen LogP contribution in [0.15, 0.2) is 71.6 Å². The first kappa shape index (κ1) is 21.5. The van der Waals surface area contributed by atoms with E-state index in [0.29, 0.717) is 0 Å². The maximum atomic E-state index is 12.6. The quantitative estimate of drug-likeness (QED) is 0.528. The number of ether oxygens (including phenoxy) is 1. The molecule has 0 saturated heterocycles. The Balaban J connectivity index is 1.77. The molecule has 0 saturated carbocycles. The van der Waals surface area contributed by atoms with Gasteiger partial charge in [0, 0.05) is 5.69 Å². The Morgan fingerprint density at radius 2 is 1.60 bits per heavy atom. The highest BCUT2D eigenvalue weighted by Gasteiger charge is 2.30. The van der Waals surface area contributed by atoms with Crippen molar-refractivity contribution in [1.29, 1.82) is 5.26 Å². The summed E-state index contributed by atoms with van der Waals surface area (Å²) in [6, 6.07) is 15.5. The molecule has 0 aliphatic heterocycles. The molecule has 0 unspecified atom stereocenters. The second-order valence-electron chi connectivity index (χ2n) is 5.98. The van der Waals surface area contributed by atoms with Crippen LogP contribution in [-0.2, 0) is 16.2 Å². The van der Waals surface area contributed by atoms with E-state index in [9.17, 15) is 21.6 Å². The van der Waals surface area contributed by atoms with Crippen LogP contribution in [0.25, 0.3) is 0 Å². The highest BCUT2D eigenvalue weighted by Crippen LogP contribution is 2.31. The molecule has 0 amide bonds. The van der Waals surface area contributed by atoms with E-state index in [2.05, 4.69) is 4.72 Å². The fraction of sp³-hybridized carbons (Fsp3) is 0.0500. The molecular weight excluding hydrogens is 441 g/mol. The number of nitrogens with one attached hydrogen (secondary N) is 1. The number of benzene rings is 3. The van der Waals surface area contributed by atoms with Crippen molar-refractivity contribution in [2.75, 3.05) is 4.72 Å². The maximum Gasteiger partial charge on any atom is 0.416 e. The first-order chi connectivity index (χ1) is 14.1. The van der Waals surface area contributed by atoms with Crippen LogP contribution in [0.1, 0.15) is 11.1 Å². The van der Waals surface area contributed by atoms with Gasteiger partial charge in [-0.3, -0.25) is 4.72 Å². The highest BCUT2D eigenvalue weighted by atomic mass is 35.5. The Hall–Kier alpha value is -3.22. The van der Waals surface area contributed by atoms with Gasteiger partial charge in [-0.05, 0) is 60.7 Å². The second-order valence-corrected chi connectivity index (χ2v) is 8.07. The lowest BCUT2D eigenvalue weighted by Gasteiger charge is -2.11. The fourth-order valence-electron chi connectivity index (χ4n) is 2.45. The van der Waals surface area contributed by atoms with Crippen LogP contribution in [0.3, 0.4) is 0 Å². The van der Waals surface area contributed by atoms with E-state index in [0.717, 1.165) is 24.3 Å². The average molecular weight is 453 g/mol. The van der Waals surface area contributed by atoms with Crippen molar-refractivity contribution in [3.8, 4) is 17.6 Å². The Bertz CT molecular complexity index is 1200. The summed E-state index contributed by atoms with van der Waals surface area (Å²) < 4.78 is 70.6. The van der Waals surface area contributed by atoms with Crippen molar-refractivity contribution in [2.45, 2.75) is 11.1 Å². The first-order valence-corrected chi connectivity index (χ1v) is 10.1. The minimum atomic E-state index is -4.51. The number of sulfonamides is 1. The number of hydrogen-bond acceptors (Lipinski definition) is 4. The number of anilines is 1. The number of nitriles is 1. The minimum absolute atomic E-state index is 0.0130. The molecule has 5 nitrogen and oxygen atoms in total. The summed E-state index contributed by atoms with van der Waals surface area (Å²) >= 11 is 5.94. The summed E-state index contributed by atoms with van der Waals surface area (Å²) in [5, 5.41) is 9.38. The van der Waals surface area contributed by atoms with Crippen LogP contribution in [0.2, 0.25) is 5.02 Å². The van der Waals surface area contributed by atoms with Gasteiger partial charge in [-0.25, -0.2) is 8.42 Å². The lowest BCUT2D eigenvalue weighted by Crippen LogP contribution is -2.13. The third kappa shape index (κ3) is 4.84. The molecule has 10 heteroatoms. The van der Waals surface area contributed by atoms with Crippen molar-refractivity contribution < 1.29 is 26.3 Å². The first-order valence-electron chi connectivity index (χ1n) is 8.27. The highest BCUT2D eigenvalue weighted by molar-refractivity contribution is 7.92. The van der Waals surface area contributed by atoms with Crippen molar-refractivity contribution >= 4 is 27.3 Å². The molecule has 0 heterocycles. The number of rotatable bonds is 5. The zero-order valence-electron chi connectivity index (χ0n) is 14.9. The molecule has 30 heavy (non-hydrogen) atoms. The molecule has 154 valence electrons. The molecule has 0 aliphatic rings. The third-order valence-corrected chi connectivity index (χ3v) is 5.63. The molecule has 3 rings (SSSR count). The molecule has 0 atom stereocenters. The predicted molar refractivity (Wildman–Crippen MR) is 105 cm³/mol. The van der Waals surface area contributed by atoms with E-state index in [4.69, 9.17) is 21.6 Å². The van der Waals surface area contributed by atoms with Gasteiger partial charge >= 0.3 is 6.18 Å². The summed E-state index contributed by atoms with van der Waals surface area (Å²) in [4.78, 5) is -0.124. The van der Waals surface area contributed by atoms with Crippen molar-refractivity contribution in [3.63, 3.8) is 0 Å². The number of nitrogens with zero attached hydrogens (tertiary/aromatic N) is 1. The number of alkyl halides is 3. The minimum Gasteiger partial charge on any atom is -0.456 e. The number of halogens is 4. The van der Waals surface area contributed by atoms with E-state index in [1.165, 1.54) is 30.3 Å². The topological polar surface area (TPSA) is 79.2 Å². The van der Waals surface area contributed by atoms with Crippen molar-refractivity contribution in [2.24, 2.45) is 0 Å². The summed E-state index contributed by atoms with van der Waals surface area (Å²) in [5.41, 5.74) is -0.759. The molecule has 0 spiro atoms. The zero-order chi connectivity index (χ0) is 21.9. The van der Waals surface area contributed by atoms with Gasteiger partial charge in [0.2, 0.25) is 0 Å². The molecule has 0 aromatic heterocycles. The molecule has 0 bridgehead atoms. The summed E-state index contributed by atoms with van der Waals surface area (Å²) in [7, 11) is -4.03. The van der Waals surface area contributed by atoms with Crippen molar-refractivity contribution in [3.05, 3.63) is 82.9 Å². The molecular formula is C20H12ClF3N2O3S. The van der Waals surface area contributed by atoms with Gasteiger partial charge in [-0.15, -0.1) is 0 Å². The Morgan fingerprint density at radius 1 is 0.967 bits per heavy atom. The monoisotopic (exact) mass is 452 g/mol. The van der Waals surface area contributed by atoms with E-state index in [1.54, 1.807) is 12.1 Å². The Morgan fingerprint density at radius 3 is 2.17 bits per heavy atom. The maximum absolute atomic E-state index is 12.6. The molecule has 0 fully saturated rings. The van der Waals surface area contributed by atoms with Crippen LogP contribution >= 0.6 is 11.6 Å². The molecule has 1 N–H and O–H groups in total. The van der Waals surface area contributed by atoms with Gasteiger partial charge in [0.05, 0.1) is 15.5 Å². The third-order valence-electron chi connectivity index (χ3n) is 3.91. The molecule has 0 radical (unpaired) electrons. The zero-order valence-corrected chi connectivity index (χ0v) is 16.5. The van der Waals surface area contributed by atoms with Crippen LogP contribution in [0, 0.1) is 11.3 Å². The Kier molecular flexibility index (Phi) is 5.92.